The normalized spacial score (nSPS) is 15.5. The molecular weight excluding hydrogens is 243 g/mol. The summed E-state index contributed by atoms with van der Waals surface area (Å²) in [6.07, 6.45) is 2.50. The average molecular weight is 262 g/mol. The van der Waals surface area contributed by atoms with E-state index >= 15 is 0 Å². The molecule has 1 saturated heterocycles. The fraction of sp³-hybridized carbons (Fsp3) is 0.462. The molecule has 6 heteroatoms. The summed E-state index contributed by atoms with van der Waals surface area (Å²) in [7, 11) is -1.49. The number of hydrogen-bond donors (Lipinski definition) is 3. The smallest absolute Gasteiger partial charge is 0.423 e. The lowest BCUT2D eigenvalue weighted by Gasteiger charge is -2.14. The van der Waals surface area contributed by atoms with Gasteiger partial charge in [-0.2, -0.15) is 0 Å². The van der Waals surface area contributed by atoms with Crippen LogP contribution in [0, 0.1) is 0 Å². The van der Waals surface area contributed by atoms with Gasteiger partial charge in [-0.15, -0.1) is 0 Å². The van der Waals surface area contributed by atoms with Crippen molar-refractivity contribution in [1.29, 1.82) is 0 Å². The third-order valence-electron chi connectivity index (χ3n) is 3.38. The highest BCUT2D eigenvalue weighted by molar-refractivity contribution is 6.58. The molecule has 102 valence electrons. The predicted molar refractivity (Wildman–Crippen MR) is 74.3 cm³/mol. The summed E-state index contributed by atoms with van der Waals surface area (Å²) >= 11 is 0. The molecule has 5 nitrogen and oxygen atoms in total. The third kappa shape index (κ3) is 4.06. The van der Waals surface area contributed by atoms with Crippen LogP contribution in [0.5, 0.6) is 0 Å². The Bertz CT molecular complexity index is 416. The highest BCUT2D eigenvalue weighted by Gasteiger charge is 2.13. The average Bonchev–Trinajstić information content (AvgIpc) is 2.92. The fourth-order valence-corrected chi connectivity index (χ4v) is 2.24. The van der Waals surface area contributed by atoms with Crippen LogP contribution in [-0.2, 0) is 0 Å². The van der Waals surface area contributed by atoms with Crippen LogP contribution in [0.25, 0.3) is 0 Å². The van der Waals surface area contributed by atoms with E-state index in [2.05, 4.69) is 10.2 Å². The van der Waals surface area contributed by atoms with Crippen molar-refractivity contribution in [1.82, 2.24) is 10.2 Å². The van der Waals surface area contributed by atoms with Gasteiger partial charge in [0.25, 0.3) is 5.91 Å². The van der Waals surface area contributed by atoms with Gasteiger partial charge in [-0.25, -0.2) is 0 Å². The predicted octanol–water partition coefficient (Wildman–Crippen LogP) is -0.808. The second-order valence-electron chi connectivity index (χ2n) is 4.80. The summed E-state index contributed by atoms with van der Waals surface area (Å²) in [5, 5.41) is 20.8. The molecule has 0 saturated carbocycles. The Labute approximate surface area is 113 Å². The van der Waals surface area contributed by atoms with Crippen LogP contribution < -0.4 is 10.8 Å². The molecule has 1 amide bonds. The van der Waals surface area contributed by atoms with Gasteiger partial charge in [0.1, 0.15) is 0 Å². The van der Waals surface area contributed by atoms with Gasteiger partial charge in [-0.3, -0.25) is 4.79 Å². The highest BCUT2D eigenvalue weighted by atomic mass is 16.4. The lowest BCUT2D eigenvalue weighted by molar-refractivity contribution is 0.0949. The van der Waals surface area contributed by atoms with E-state index in [9.17, 15) is 4.79 Å². The van der Waals surface area contributed by atoms with Crippen molar-refractivity contribution in [2.45, 2.75) is 12.8 Å². The van der Waals surface area contributed by atoms with Gasteiger partial charge in [0.15, 0.2) is 0 Å². The van der Waals surface area contributed by atoms with Crippen molar-refractivity contribution in [3.05, 3.63) is 29.8 Å². The van der Waals surface area contributed by atoms with Crippen molar-refractivity contribution in [3.8, 4) is 0 Å². The fourth-order valence-electron chi connectivity index (χ4n) is 2.24. The number of nitrogens with zero attached hydrogens (tertiary/aromatic N) is 1. The number of carbonyl (C=O) groups excluding carboxylic acids is 1. The second-order valence-corrected chi connectivity index (χ2v) is 4.80. The van der Waals surface area contributed by atoms with E-state index in [-0.39, 0.29) is 5.91 Å². The molecule has 0 aliphatic carbocycles. The minimum absolute atomic E-state index is 0.127. The molecule has 0 radical (unpaired) electrons. The largest absolute Gasteiger partial charge is 0.488 e. The quantitative estimate of drug-likeness (QED) is 0.607. The Hall–Kier alpha value is -1.37. The molecule has 1 heterocycles. The minimum atomic E-state index is -1.49. The maximum Gasteiger partial charge on any atom is 0.488 e. The Morgan fingerprint density at radius 3 is 2.42 bits per heavy atom. The Morgan fingerprint density at radius 1 is 1.21 bits per heavy atom. The molecule has 3 N–H and O–H groups in total. The maximum absolute atomic E-state index is 11.8. The molecule has 0 unspecified atom stereocenters. The van der Waals surface area contributed by atoms with Crippen LogP contribution in [0.4, 0.5) is 0 Å². The van der Waals surface area contributed by atoms with Gasteiger partial charge in [0, 0.05) is 18.7 Å². The van der Waals surface area contributed by atoms with Gasteiger partial charge in [-0.1, -0.05) is 12.1 Å². The third-order valence-corrected chi connectivity index (χ3v) is 3.38. The molecule has 2 rings (SSSR count). The SMILES string of the molecule is O=C(NCCN1CCCC1)c1ccc(B(O)O)cc1. The topological polar surface area (TPSA) is 72.8 Å². The first-order valence-corrected chi connectivity index (χ1v) is 6.63. The van der Waals surface area contributed by atoms with Crippen LogP contribution in [0.1, 0.15) is 23.2 Å². The summed E-state index contributed by atoms with van der Waals surface area (Å²) < 4.78 is 0. The number of rotatable bonds is 5. The lowest BCUT2D eigenvalue weighted by Crippen LogP contribution is -2.34. The minimum Gasteiger partial charge on any atom is -0.423 e. The molecule has 19 heavy (non-hydrogen) atoms. The van der Waals surface area contributed by atoms with Crippen molar-refractivity contribution >= 4 is 18.5 Å². The van der Waals surface area contributed by atoms with Crippen LogP contribution in [-0.4, -0.2) is 54.2 Å². The van der Waals surface area contributed by atoms with Crippen molar-refractivity contribution in [2.75, 3.05) is 26.2 Å². The van der Waals surface area contributed by atoms with E-state index in [0.29, 0.717) is 17.6 Å². The van der Waals surface area contributed by atoms with E-state index in [1.807, 2.05) is 0 Å². The molecule has 1 aromatic carbocycles. The van der Waals surface area contributed by atoms with Crippen LogP contribution in [0.3, 0.4) is 0 Å². The van der Waals surface area contributed by atoms with Crippen molar-refractivity contribution in [3.63, 3.8) is 0 Å². The lowest BCUT2D eigenvalue weighted by atomic mass is 9.80. The van der Waals surface area contributed by atoms with Crippen LogP contribution >= 0.6 is 0 Å². The summed E-state index contributed by atoms with van der Waals surface area (Å²) in [5.41, 5.74) is 0.916. The number of hydrogen-bond acceptors (Lipinski definition) is 4. The first-order valence-electron chi connectivity index (χ1n) is 6.63. The maximum atomic E-state index is 11.8. The Kier molecular flexibility index (Phi) is 4.96. The molecule has 1 aliphatic rings. The molecular formula is C13H19BN2O3. The molecule has 0 aromatic heterocycles. The number of nitrogens with one attached hydrogen (secondary N) is 1. The standard InChI is InChI=1S/C13H19BN2O3/c17-13(15-7-10-16-8-1-2-9-16)11-3-5-12(6-4-11)14(18)19/h3-6,18-19H,1-2,7-10H2,(H,15,17). The van der Waals surface area contributed by atoms with Crippen LogP contribution in [0.15, 0.2) is 24.3 Å². The van der Waals surface area contributed by atoms with Gasteiger partial charge >= 0.3 is 7.12 Å². The Morgan fingerprint density at radius 2 is 1.84 bits per heavy atom. The van der Waals surface area contributed by atoms with E-state index in [4.69, 9.17) is 10.0 Å². The molecule has 1 aliphatic heterocycles. The molecule has 0 atom stereocenters. The van der Waals surface area contributed by atoms with Gasteiger partial charge in [0.05, 0.1) is 0 Å². The van der Waals surface area contributed by atoms with E-state index < -0.39 is 7.12 Å². The first kappa shape index (κ1) is 14.1. The Balaban J connectivity index is 1.78. The second kappa shape index (κ2) is 6.70. The van der Waals surface area contributed by atoms with Crippen molar-refractivity contribution in [2.24, 2.45) is 0 Å². The zero-order valence-corrected chi connectivity index (χ0v) is 10.9. The summed E-state index contributed by atoms with van der Waals surface area (Å²) in [5.74, 6) is -0.127. The number of likely N-dealkylation sites (tertiary alicyclic amines) is 1. The van der Waals surface area contributed by atoms with E-state index in [1.54, 1.807) is 24.3 Å². The molecule has 0 spiro atoms. The number of amides is 1. The first-order chi connectivity index (χ1) is 9.16. The zero-order chi connectivity index (χ0) is 13.7. The van der Waals surface area contributed by atoms with Gasteiger partial charge in [-0.05, 0) is 43.5 Å². The monoisotopic (exact) mass is 262 g/mol. The molecule has 1 fully saturated rings. The summed E-state index contributed by atoms with van der Waals surface area (Å²) in [6.45, 7) is 3.78. The molecule has 0 bridgehead atoms. The van der Waals surface area contributed by atoms with E-state index in [0.717, 1.165) is 19.6 Å². The van der Waals surface area contributed by atoms with Gasteiger partial charge in [0.2, 0.25) is 0 Å². The van der Waals surface area contributed by atoms with E-state index in [1.165, 1.54) is 12.8 Å². The van der Waals surface area contributed by atoms with Gasteiger partial charge < -0.3 is 20.3 Å². The van der Waals surface area contributed by atoms with Crippen molar-refractivity contribution < 1.29 is 14.8 Å². The highest BCUT2D eigenvalue weighted by Crippen LogP contribution is 2.05. The molecule has 1 aromatic rings. The van der Waals surface area contributed by atoms with Crippen LogP contribution in [0.2, 0.25) is 0 Å². The summed E-state index contributed by atoms with van der Waals surface area (Å²) in [6, 6.07) is 6.28. The number of carbonyl (C=O) groups is 1. The summed E-state index contributed by atoms with van der Waals surface area (Å²) in [4.78, 5) is 14.2. The number of benzene rings is 1. The zero-order valence-electron chi connectivity index (χ0n) is 10.9.